The van der Waals surface area contributed by atoms with Crippen molar-refractivity contribution < 1.29 is 0 Å². The molecule has 0 radical (unpaired) electrons. The van der Waals surface area contributed by atoms with Crippen molar-refractivity contribution >= 4 is 5.82 Å². The number of piperidine rings is 1. The van der Waals surface area contributed by atoms with E-state index in [0.29, 0.717) is 23.9 Å². The molecule has 6 heteroatoms. The topological polar surface area (TPSA) is 84.1 Å². The van der Waals surface area contributed by atoms with Gasteiger partial charge in [-0.15, -0.1) is 0 Å². The van der Waals surface area contributed by atoms with Gasteiger partial charge in [0.1, 0.15) is 5.82 Å². The lowest BCUT2D eigenvalue weighted by atomic mass is 9.92. The molecule has 2 heterocycles. The van der Waals surface area contributed by atoms with Gasteiger partial charge in [0.2, 0.25) is 0 Å². The molecule has 0 aromatic carbocycles. The van der Waals surface area contributed by atoms with Crippen molar-refractivity contribution in [2.45, 2.75) is 26.8 Å². The molecule has 1 fully saturated rings. The Morgan fingerprint density at radius 2 is 1.84 bits per heavy atom. The van der Waals surface area contributed by atoms with E-state index < -0.39 is 5.69 Å². The van der Waals surface area contributed by atoms with Gasteiger partial charge >= 0.3 is 5.69 Å². The van der Waals surface area contributed by atoms with Crippen molar-refractivity contribution in [2.24, 2.45) is 18.9 Å². The summed E-state index contributed by atoms with van der Waals surface area (Å²) in [6.07, 6.45) is 1.22. The number of anilines is 1. The number of likely N-dealkylation sites (tertiary alicyclic amines) is 1. The van der Waals surface area contributed by atoms with Crippen LogP contribution in [0.1, 0.15) is 25.8 Å². The van der Waals surface area contributed by atoms with E-state index in [0.717, 1.165) is 13.1 Å². The number of aromatic nitrogens is 2. The van der Waals surface area contributed by atoms with Crippen LogP contribution in [0.4, 0.5) is 5.82 Å². The average Bonchev–Trinajstić information content (AvgIpc) is 2.31. The van der Waals surface area contributed by atoms with E-state index in [1.165, 1.54) is 11.0 Å². The van der Waals surface area contributed by atoms with Crippen LogP contribution in [0.5, 0.6) is 0 Å². The molecular weight excluding hydrogens is 244 g/mol. The van der Waals surface area contributed by atoms with Gasteiger partial charge in [0.05, 0.1) is 5.56 Å². The van der Waals surface area contributed by atoms with E-state index in [4.69, 9.17) is 5.73 Å². The molecule has 1 aromatic heterocycles. The maximum atomic E-state index is 11.9. The fraction of sp³-hybridized carbons (Fsp3) is 0.692. The fourth-order valence-electron chi connectivity index (χ4n) is 2.98. The van der Waals surface area contributed by atoms with E-state index in [-0.39, 0.29) is 11.4 Å². The Labute approximate surface area is 112 Å². The largest absolute Gasteiger partial charge is 0.385 e. The van der Waals surface area contributed by atoms with Crippen molar-refractivity contribution in [1.29, 1.82) is 0 Å². The average molecular weight is 266 g/mol. The van der Waals surface area contributed by atoms with Gasteiger partial charge in [0, 0.05) is 26.7 Å². The summed E-state index contributed by atoms with van der Waals surface area (Å²) in [5.74, 6) is 1.51. The first kappa shape index (κ1) is 13.9. The minimum Gasteiger partial charge on any atom is -0.385 e. The Bertz CT molecular complexity index is 565. The van der Waals surface area contributed by atoms with Crippen LogP contribution in [0, 0.1) is 11.8 Å². The number of nitrogen functional groups attached to an aromatic ring is 1. The summed E-state index contributed by atoms with van der Waals surface area (Å²) >= 11 is 0. The standard InChI is InChI=1S/C13H22N4O2/c1-8-4-9(2)6-17(5-8)7-10-11(14)16(3)13(19)15-12(10)18/h8-9H,4-7,14H2,1-3H3,(H,15,18,19)/t8-,9-/m0/s1. The second kappa shape index (κ2) is 5.21. The van der Waals surface area contributed by atoms with E-state index in [1.54, 1.807) is 7.05 Å². The lowest BCUT2D eigenvalue weighted by molar-refractivity contribution is 0.134. The van der Waals surface area contributed by atoms with Crippen LogP contribution in [-0.2, 0) is 13.6 Å². The summed E-state index contributed by atoms with van der Waals surface area (Å²) in [6.45, 7) is 6.87. The Kier molecular flexibility index (Phi) is 3.80. The van der Waals surface area contributed by atoms with Gasteiger partial charge in [-0.05, 0) is 18.3 Å². The van der Waals surface area contributed by atoms with Crippen LogP contribution in [0.15, 0.2) is 9.59 Å². The maximum Gasteiger partial charge on any atom is 0.329 e. The molecule has 6 nitrogen and oxygen atoms in total. The zero-order valence-corrected chi connectivity index (χ0v) is 11.8. The third-order valence-electron chi connectivity index (χ3n) is 3.80. The minimum absolute atomic E-state index is 0.264. The van der Waals surface area contributed by atoms with Crippen LogP contribution < -0.4 is 17.0 Å². The number of aromatic amines is 1. The summed E-state index contributed by atoms with van der Waals surface area (Å²) in [7, 11) is 1.57. The third kappa shape index (κ3) is 2.89. The lowest BCUT2D eigenvalue weighted by Gasteiger charge is -2.34. The Hall–Kier alpha value is -1.56. The molecule has 1 aliphatic heterocycles. The highest BCUT2D eigenvalue weighted by atomic mass is 16.2. The van der Waals surface area contributed by atoms with Crippen LogP contribution in [0.2, 0.25) is 0 Å². The monoisotopic (exact) mass is 266 g/mol. The smallest absolute Gasteiger partial charge is 0.329 e. The molecule has 1 aliphatic rings. The van der Waals surface area contributed by atoms with Crippen molar-refractivity contribution in [3.63, 3.8) is 0 Å². The zero-order chi connectivity index (χ0) is 14.2. The molecule has 0 unspecified atom stereocenters. The second-order valence-electron chi connectivity index (χ2n) is 5.82. The highest BCUT2D eigenvalue weighted by Gasteiger charge is 2.23. The van der Waals surface area contributed by atoms with Crippen LogP contribution in [-0.4, -0.2) is 27.5 Å². The van der Waals surface area contributed by atoms with Gasteiger partial charge in [-0.3, -0.25) is 19.2 Å². The molecule has 3 N–H and O–H groups in total. The number of hydrogen-bond acceptors (Lipinski definition) is 4. The first-order chi connectivity index (χ1) is 8.88. The highest BCUT2D eigenvalue weighted by molar-refractivity contribution is 5.37. The van der Waals surface area contributed by atoms with Gasteiger partial charge in [-0.25, -0.2) is 4.79 Å². The Balaban J connectivity index is 2.27. The summed E-state index contributed by atoms with van der Waals surface area (Å²) < 4.78 is 1.29. The highest BCUT2D eigenvalue weighted by Crippen LogP contribution is 2.22. The number of nitrogens with zero attached hydrogens (tertiary/aromatic N) is 2. The van der Waals surface area contributed by atoms with E-state index >= 15 is 0 Å². The molecule has 1 saturated heterocycles. The first-order valence-electron chi connectivity index (χ1n) is 6.68. The number of rotatable bonds is 2. The summed E-state index contributed by atoms with van der Waals surface area (Å²) in [6, 6.07) is 0. The quantitative estimate of drug-likeness (QED) is 0.797. The predicted octanol–water partition coefficient (Wildman–Crippen LogP) is 0.134. The first-order valence-corrected chi connectivity index (χ1v) is 6.68. The molecule has 106 valence electrons. The third-order valence-corrected chi connectivity index (χ3v) is 3.80. The van der Waals surface area contributed by atoms with Crippen LogP contribution in [0.25, 0.3) is 0 Å². The predicted molar refractivity (Wildman–Crippen MR) is 74.9 cm³/mol. The minimum atomic E-state index is -0.466. The number of hydrogen-bond donors (Lipinski definition) is 2. The van der Waals surface area contributed by atoms with E-state index in [1.807, 2.05) is 0 Å². The van der Waals surface area contributed by atoms with Crippen molar-refractivity contribution in [3.8, 4) is 0 Å². The summed E-state index contributed by atoms with van der Waals surface area (Å²) in [5.41, 5.74) is 5.54. The number of nitrogens with two attached hydrogens (primary N) is 1. The fourth-order valence-corrected chi connectivity index (χ4v) is 2.98. The molecule has 0 aliphatic carbocycles. The van der Waals surface area contributed by atoms with Crippen LogP contribution in [0.3, 0.4) is 0 Å². The van der Waals surface area contributed by atoms with E-state index in [9.17, 15) is 9.59 Å². The molecule has 19 heavy (non-hydrogen) atoms. The van der Waals surface area contributed by atoms with Crippen molar-refractivity contribution in [2.75, 3.05) is 18.8 Å². The molecule has 0 amide bonds. The molecular formula is C13H22N4O2. The van der Waals surface area contributed by atoms with Gasteiger partial charge in [0.25, 0.3) is 5.56 Å². The normalized spacial score (nSPS) is 24.6. The van der Waals surface area contributed by atoms with Gasteiger partial charge in [-0.2, -0.15) is 0 Å². The molecule has 2 atom stereocenters. The second-order valence-corrected chi connectivity index (χ2v) is 5.82. The summed E-state index contributed by atoms with van der Waals surface area (Å²) in [5, 5.41) is 0. The Morgan fingerprint density at radius 1 is 1.26 bits per heavy atom. The summed E-state index contributed by atoms with van der Waals surface area (Å²) in [4.78, 5) is 27.8. The van der Waals surface area contributed by atoms with Crippen molar-refractivity contribution in [1.82, 2.24) is 14.5 Å². The Morgan fingerprint density at radius 3 is 2.42 bits per heavy atom. The molecule has 0 spiro atoms. The van der Waals surface area contributed by atoms with Crippen molar-refractivity contribution in [3.05, 3.63) is 26.4 Å². The van der Waals surface area contributed by atoms with E-state index in [2.05, 4.69) is 23.7 Å². The molecule has 0 saturated carbocycles. The van der Waals surface area contributed by atoms with Gasteiger partial charge < -0.3 is 5.73 Å². The molecule has 2 rings (SSSR count). The lowest BCUT2D eigenvalue weighted by Crippen LogP contribution is -2.41. The zero-order valence-electron chi connectivity index (χ0n) is 11.8. The number of H-pyrrole nitrogens is 1. The van der Waals surface area contributed by atoms with Gasteiger partial charge in [0.15, 0.2) is 0 Å². The van der Waals surface area contributed by atoms with Crippen LogP contribution >= 0.6 is 0 Å². The molecule has 0 bridgehead atoms. The van der Waals surface area contributed by atoms with Gasteiger partial charge in [-0.1, -0.05) is 13.8 Å². The maximum absolute atomic E-state index is 11.9. The number of nitrogens with one attached hydrogen (secondary N) is 1. The SMILES string of the molecule is C[C@H]1C[C@H](C)CN(Cc2c(N)n(C)c(=O)[nH]c2=O)C1. The molecule has 1 aromatic rings.